The minimum atomic E-state index is -0.975. The van der Waals surface area contributed by atoms with E-state index in [1.807, 2.05) is 0 Å². The number of anilines is 1. The van der Waals surface area contributed by atoms with Crippen LogP contribution < -0.4 is 11.1 Å². The third-order valence-electron chi connectivity index (χ3n) is 1.59. The first-order chi connectivity index (χ1) is 6.59. The second kappa shape index (κ2) is 5.87. The number of hydrogen-bond acceptors (Lipinski definition) is 3. The van der Waals surface area contributed by atoms with Crippen LogP contribution in [-0.4, -0.2) is 23.5 Å². The molecule has 5 nitrogen and oxygen atoms in total. The molecule has 0 unspecified atom stereocenters. The van der Waals surface area contributed by atoms with Crippen LogP contribution in [0.4, 0.5) is 5.69 Å². The molecule has 6 heteroatoms. The Hall–Kier alpha value is -1.75. The molecule has 5 N–H and O–H groups in total. The third-order valence-corrected chi connectivity index (χ3v) is 1.59. The first kappa shape index (κ1) is 13.2. The Labute approximate surface area is 93.2 Å². The summed E-state index contributed by atoms with van der Waals surface area (Å²) >= 11 is 0. The van der Waals surface area contributed by atoms with Crippen LogP contribution in [0.5, 0.6) is 0 Å². The first-order valence-corrected chi connectivity index (χ1v) is 3.99. The molecule has 15 heavy (non-hydrogen) atoms. The highest BCUT2D eigenvalue weighted by atomic mass is 35.5. The first-order valence-electron chi connectivity index (χ1n) is 3.99. The van der Waals surface area contributed by atoms with E-state index in [4.69, 9.17) is 16.2 Å². The van der Waals surface area contributed by atoms with E-state index >= 15 is 0 Å². The normalized spacial score (nSPS) is 8.80. The van der Waals surface area contributed by atoms with Gasteiger partial charge in [0, 0.05) is 5.69 Å². The standard InChI is InChI=1S/C9H11N3O2.ClH/c10-8(11)5-12-7-3-1-2-6(4-7)9(13)14;/h1-4,12H,5H2,(H3,10,11)(H,13,14);1H. The number of nitrogens with one attached hydrogen (secondary N) is 2. The van der Waals surface area contributed by atoms with Gasteiger partial charge in [0.1, 0.15) is 5.84 Å². The molecule has 0 radical (unpaired) electrons. The Bertz CT molecular complexity index is 368. The summed E-state index contributed by atoms with van der Waals surface area (Å²) in [6, 6.07) is 6.34. The number of amidine groups is 1. The summed E-state index contributed by atoms with van der Waals surface area (Å²) in [5.74, 6) is -0.970. The van der Waals surface area contributed by atoms with Crippen molar-refractivity contribution in [3.63, 3.8) is 0 Å². The smallest absolute Gasteiger partial charge is 0.335 e. The lowest BCUT2D eigenvalue weighted by Gasteiger charge is -2.05. The monoisotopic (exact) mass is 229 g/mol. The van der Waals surface area contributed by atoms with Gasteiger partial charge in [-0.25, -0.2) is 4.79 Å². The summed E-state index contributed by atoms with van der Waals surface area (Å²) in [6.45, 7) is 0.211. The average molecular weight is 230 g/mol. The Balaban J connectivity index is 0.00000196. The number of nitrogens with two attached hydrogens (primary N) is 1. The van der Waals surface area contributed by atoms with E-state index < -0.39 is 5.97 Å². The van der Waals surface area contributed by atoms with Crippen molar-refractivity contribution in [3.05, 3.63) is 29.8 Å². The molecule has 0 heterocycles. The van der Waals surface area contributed by atoms with Gasteiger partial charge >= 0.3 is 5.97 Å². The van der Waals surface area contributed by atoms with Crippen molar-refractivity contribution in [1.29, 1.82) is 5.41 Å². The van der Waals surface area contributed by atoms with Gasteiger partial charge in [-0.15, -0.1) is 12.4 Å². The highest BCUT2D eigenvalue weighted by molar-refractivity contribution is 5.89. The van der Waals surface area contributed by atoms with Crippen LogP contribution in [0.25, 0.3) is 0 Å². The van der Waals surface area contributed by atoms with Gasteiger partial charge < -0.3 is 16.2 Å². The lowest BCUT2D eigenvalue weighted by Crippen LogP contribution is -2.21. The maximum atomic E-state index is 10.6. The Morgan fingerprint density at radius 2 is 2.20 bits per heavy atom. The predicted molar refractivity (Wildman–Crippen MR) is 61.1 cm³/mol. The third kappa shape index (κ3) is 4.33. The van der Waals surface area contributed by atoms with Crippen molar-refractivity contribution in [3.8, 4) is 0 Å². The largest absolute Gasteiger partial charge is 0.478 e. The number of hydrogen-bond donors (Lipinski definition) is 4. The summed E-state index contributed by atoms with van der Waals surface area (Å²) in [7, 11) is 0. The number of halogens is 1. The number of aromatic carboxylic acids is 1. The van der Waals surface area contributed by atoms with E-state index in [-0.39, 0.29) is 30.4 Å². The highest BCUT2D eigenvalue weighted by Crippen LogP contribution is 2.09. The van der Waals surface area contributed by atoms with Crippen LogP contribution >= 0.6 is 12.4 Å². The average Bonchev–Trinajstić information content (AvgIpc) is 2.15. The molecule has 0 bridgehead atoms. The molecule has 0 spiro atoms. The van der Waals surface area contributed by atoms with Crippen molar-refractivity contribution in [2.45, 2.75) is 0 Å². The summed E-state index contributed by atoms with van der Waals surface area (Å²) in [6.07, 6.45) is 0. The minimum absolute atomic E-state index is 0. The summed E-state index contributed by atoms with van der Waals surface area (Å²) in [5, 5.41) is 18.5. The number of carbonyl (C=O) groups is 1. The molecule has 0 aromatic heterocycles. The molecule has 0 fully saturated rings. The van der Waals surface area contributed by atoms with Crippen LogP contribution in [0.2, 0.25) is 0 Å². The Morgan fingerprint density at radius 1 is 1.53 bits per heavy atom. The molecule has 1 aromatic carbocycles. The zero-order chi connectivity index (χ0) is 10.6. The van der Waals surface area contributed by atoms with Gasteiger partial charge in [-0.1, -0.05) is 6.07 Å². The summed E-state index contributed by atoms with van der Waals surface area (Å²) in [4.78, 5) is 10.6. The fourth-order valence-corrected chi connectivity index (χ4v) is 0.959. The van der Waals surface area contributed by atoms with Crippen LogP contribution in [-0.2, 0) is 0 Å². The van der Waals surface area contributed by atoms with Crippen molar-refractivity contribution in [2.75, 3.05) is 11.9 Å². The van der Waals surface area contributed by atoms with Crippen molar-refractivity contribution < 1.29 is 9.90 Å². The number of benzene rings is 1. The van der Waals surface area contributed by atoms with Crippen molar-refractivity contribution >= 4 is 29.9 Å². The molecule has 1 rings (SSSR count). The molecule has 0 aliphatic heterocycles. The van der Waals surface area contributed by atoms with Gasteiger partial charge in [-0.05, 0) is 18.2 Å². The number of carboxylic acids is 1. The molecule has 0 aliphatic carbocycles. The zero-order valence-electron chi connectivity index (χ0n) is 7.86. The fourth-order valence-electron chi connectivity index (χ4n) is 0.959. The maximum absolute atomic E-state index is 10.6. The van der Waals surface area contributed by atoms with E-state index in [1.54, 1.807) is 12.1 Å². The molecule has 0 saturated heterocycles. The van der Waals surface area contributed by atoms with Crippen LogP contribution in [0.1, 0.15) is 10.4 Å². The van der Waals surface area contributed by atoms with Crippen molar-refractivity contribution in [2.24, 2.45) is 5.73 Å². The predicted octanol–water partition coefficient (Wildman–Crippen LogP) is 1.15. The molecule has 0 amide bonds. The Kier molecular flexibility index (Phi) is 5.19. The maximum Gasteiger partial charge on any atom is 0.335 e. The molecule has 82 valence electrons. The second-order valence-electron chi connectivity index (χ2n) is 2.76. The molecular formula is C9H12ClN3O2. The second-order valence-corrected chi connectivity index (χ2v) is 2.76. The molecule has 1 aromatic rings. The van der Waals surface area contributed by atoms with Crippen LogP contribution in [0, 0.1) is 5.41 Å². The Morgan fingerprint density at radius 3 is 2.73 bits per heavy atom. The van der Waals surface area contributed by atoms with Crippen molar-refractivity contribution in [1.82, 2.24) is 0 Å². The lowest BCUT2D eigenvalue weighted by atomic mass is 10.2. The van der Waals surface area contributed by atoms with Gasteiger partial charge in [-0.3, -0.25) is 5.41 Å². The van der Waals surface area contributed by atoms with Crippen LogP contribution in [0.15, 0.2) is 24.3 Å². The van der Waals surface area contributed by atoms with Gasteiger partial charge in [0.2, 0.25) is 0 Å². The van der Waals surface area contributed by atoms with Gasteiger partial charge in [0.05, 0.1) is 12.1 Å². The molecular weight excluding hydrogens is 218 g/mol. The SMILES string of the molecule is Cl.N=C(N)CNc1cccc(C(=O)O)c1. The quantitative estimate of drug-likeness (QED) is 0.460. The lowest BCUT2D eigenvalue weighted by molar-refractivity contribution is 0.0697. The highest BCUT2D eigenvalue weighted by Gasteiger charge is 2.02. The number of carboxylic acid groups (broad SMARTS) is 1. The number of rotatable bonds is 4. The van der Waals surface area contributed by atoms with Gasteiger partial charge in [0.15, 0.2) is 0 Å². The minimum Gasteiger partial charge on any atom is -0.478 e. The van der Waals surface area contributed by atoms with E-state index in [1.165, 1.54) is 12.1 Å². The molecule has 0 aliphatic rings. The van der Waals surface area contributed by atoms with Gasteiger partial charge in [0.25, 0.3) is 0 Å². The zero-order valence-corrected chi connectivity index (χ0v) is 8.67. The van der Waals surface area contributed by atoms with E-state index in [2.05, 4.69) is 5.32 Å². The van der Waals surface area contributed by atoms with Gasteiger partial charge in [-0.2, -0.15) is 0 Å². The topological polar surface area (TPSA) is 99.2 Å². The summed E-state index contributed by atoms with van der Waals surface area (Å²) < 4.78 is 0. The van der Waals surface area contributed by atoms with Crippen LogP contribution in [0.3, 0.4) is 0 Å². The molecule has 0 saturated carbocycles. The summed E-state index contributed by atoms with van der Waals surface area (Å²) in [5.41, 5.74) is 5.99. The van der Waals surface area contributed by atoms with E-state index in [9.17, 15) is 4.79 Å². The van der Waals surface area contributed by atoms with E-state index in [0.29, 0.717) is 5.69 Å². The van der Waals surface area contributed by atoms with E-state index in [0.717, 1.165) is 0 Å². The molecule has 0 atom stereocenters. The fraction of sp³-hybridized carbons (Fsp3) is 0.111.